The van der Waals surface area contributed by atoms with Crippen LogP contribution in [0.1, 0.15) is 16.8 Å². The standard InChI is InChI=1S/C13H17ClN2O/c1-15(2)12-5-6-16(8-12)13-7-11(14)4-3-10(13)9-17/h3-4,7,9,12H,5-6,8H2,1-2H3. The summed E-state index contributed by atoms with van der Waals surface area (Å²) in [5.41, 5.74) is 1.67. The number of anilines is 1. The minimum absolute atomic E-state index is 0.550. The highest BCUT2D eigenvalue weighted by molar-refractivity contribution is 6.31. The predicted molar refractivity (Wildman–Crippen MR) is 71.1 cm³/mol. The third-order valence-corrected chi connectivity index (χ3v) is 3.59. The topological polar surface area (TPSA) is 23.6 Å². The highest BCUT2D eigenvalue weighted by atomic mass is 35.5. The van der Waals surface area contributed by atoms with E-state index in [1.54, 1.807) is 12.1 Å². The van der Waals surface area contributed by atoms with Crippen LogP contribution in [0.15, 0.2) is 18.2 Å². The van der Waals surface area contributed by atoms with E-state index in [1.807, 2.05) is 6.07 Å². The molecule has 1 aliphatic rings. The third-order valence-electron chi connectivity index (χ3n) is 3.35. The molecule has 1 heterocycles. The molecule has 0 aromatic heterocycles. The van der Waals surface area contributed by atoms with Gasteiger partial charge in [0.2, 0.25) is 0 Å². The Labute approximate surface area is 107 Å². The zero-order valence-corrected chi connectivity index (χ0v) is 10.9. The average molecular weight is 253 g/mol. The van der Waals surface area contributed by atoms with Crippen molar-refractivity contribution in [2.24, 2.45) is 0 Å². The summed E-state index contributed by atoms with van der Waals surface area (Å²) < 4.78 is 0. The number of hydrogen-bond donors (Lipinski definition) is 0. The molecule has 1 aliphatic heterocycles. The van der Waals surface area contributed by atoms with Gasteiger partial charge in [0.25, 0.3) is 0 Å². The number of benzene rings is 1. The fourth-order valence-corrected chi connectivity index (χ4v) is 2.44. The molecule has 1 aromatic carbocycles. The van der Waals surface area contributed by atoms with Crippen molar-refractivity contribution >= 4 is 23.6 Å². The van der Waals surface area contributed by atoms with Gasteiger partial charge < -0.3 is 9.80 Å². The van der Waals surface area contributed by atoms with Gasteiger partial charge in [0.15, 0.2) is 6.29 Å². The molecule has 0 spiro atoms. The van der Waals surface area contributed by atoms with E-state index >= 15 is 0 Å². The van der Waals surface area contributed by atoms with E-state index in [0.29, 0.717) is 16.6 Å². The predicted octanol–water partition coefficient (Wildman–Crippen LogP) is 2.29. The van der Waals surface area contributed by atoms with Gasteiger partial charge in [-0.15, -0.1) is 0 Å². The first-order chi connectivity index (χ1) is 8.11. The Morgan fingerprint density at radius 2 is 2.24 bits per heavy atom. The number of carbonyl (C=O) groups is 1. The summed E-state index contributed by atoms with van der Waals surface area (Å²) in [4.78, 5) is 15.5. The molecule has 0 bridgehead atoms. The maximum absolute atomic E-state index is 11.0. The van der Waals surface area contributed by atoms with Gasteiger partial charge in [0, 0.05) is 35.4 Å². The summed E-state index contributed by atoms with van der Waals surface area (Å²) in [6.07, 6.45) is 2.02. The van der Waals surface area contributed by atoms with Crippen LogP contribution < -0.4 is 4.90 Å². The first-order valence-corrected chi connectivity index (χ1v) is 6.15. The number of hydrogen-bond acceptors (Lipinski definition) is 3. The summed E-state index contributed by atoms with van der Waals surface area (Å²) in [5.74, 6) is 0. The van der Waals surface area contributed by atoms with Gasteiger partial charge in [-0.1, -0.05) is 11.6 Å². The second kappa shape index (κ2) is 5.07. The Balaban J connectivity index is 2.23. The number of carbonyl (C=O) groups excluding carboxylic acids is 1. The summed E-state index contributed by atoms with van der Waals surface area (Å²) in [7, 11) is 4.18. The maximum atomic E-state index is 11.0. The fourth-order valence-electron chi connectivity index (χ4n) is 2.27. The number of aldehydes is 1. The molecule has 1 fully saturated rings. The minimum Gasteiger partial charge on any atom is -0.369 e. The van der Waals surface area contributed by atoms with Gasteiger partial charge in [-0.3, -0.25) is 4.79 Å². The molecular formula is C13H17ClN2O. The van der Waals surface area contributed by atoms with Crippen LogP contribution in [0.25, 0.3) is 0 Å². The number of likely N-dealkylation sites (N-methyl/N-ethyl adjacent to an activating group) is 1. The van der Waals surface area contributed by atoms with E-state index in [9.17, 15) is 4.79 Å². The smallest absolute Gasteiger partial charge is 0.152 e. The van der Waals surface area contributed by atoms with Crippen LogP contribution in [0, 0.1) is 0 Å². The summed E-state index contributed by atoms with van der Waals surface area (Å²) in [6.45, 7) is 1.93. The number of rotatable bonds is 3. The second-order valence-electron chi connectivity index (χ2n) is 4.67. The lowest BCUT2D eigenvalue weighted by atomic mass is 10.2. The molecule has 17 heavy (non-hydrogen) atoms. The van der Waals surface area contributed by atoms with Crippen molar-refractivity contribution in [2.45, 2.75) is 12.5 Å². The van der Waals surface area contributed by atoms with Crippen LogP contribution in [0.4, 0.5) is 5.69 Å². The highest BCUT2D eigenvalue weighted by Gasteiger charge is 2.25. The molecule has 4 heteroatoms. The Bertz CT molecular complexity index is 420. The molecule has 92 valence electrons. The molecule has 0 amide bonds. The number of nitrogens with zero attached hydrogens (tertiary/aromatic N) is 2. The lowest BCUT2D eigenvalue weighted by Crippen LogP contribution is -2.31. The van der Waals surface area contributed by atoms with Gasteiger partial charge in [-0.25, -0.2) is 0 Å². The monoisotopic (exact) mass is 252 g/mol. The highest BCUT2D eigenvalue weighted by Crippen LogP contribution is 2.27. The van der Waals surface area contributed by atoms with E-state index in [2.05, 4.69) is 23.9 Å². The van der Waals surface area contributed by atoms with E-state index in [4.69, 9.17) is 11.6 Å². The molecule has 0 aliphatic carbocycles. The van der Waals surface area contributed by atoms with Crippen molar-refractivity contribution < 1.29 is 4.79 Å². The van der Waals surface area contributed by atoms with E-state index < -0.39 is 0 Å². The Morgan fingerprint density at radius 3 is 2.82 bits per heavy atom. The van der Waals surface area contributed by atoms with Crippen molar-refractivity contribution in [3.05, 3.63) is 28.8 Å². The Kier molecular flexibility index (Phi) is 3.69. The second-order valence-corrected chi connectivity index (χ2v) is 5.11. The molecular weight excluding hydrogens is 236 g/mol. The SMILES string of the molecule is CN(C)C1CCN(c2cc(Cl)ccc2C=O)C1. The van der Waals surface area contributed by atoms with Gasteiger partial charge in [-0.05, 0) is 38.7 Å². The quantitative estimate of drug-likeness (QED) is 0.772. The largest absolute Gasteiger partial charge is 0.369 e. The van der Waals surface area contributed by atoms with Crippen molar-refractivity contribution in [3.63, 3.8) is 0 Å². The normalized spacial score (nSPS) is 20.0. The minimum atomic E-state index is 0.550. The van der Waals surface area contributed by atoms with Crippen LogP contribution in [0.2, 0.25) is 5.02 Å². The van der Waals surface area contributed by atoms with Crippen LogP contribution >= 0.6 is 11.6 Å². The lowest BCUT2D eigenvalue weighted by molar-refractivity contribution is 0.112. The third kappa shape index (κ3) is 2.61. The number of halogens is 1. The van der Waals surface area contributed by atoms with Gasteiger partial charge in [-0.2, -0.15) is 0 Å². The molecule has 0 saturated carbocycles. The van der Waals surface area contributed by atoms with Crippen LogP contribution in [0.5, 0.6) is 0 Å². The van der Waals surface area contributed by atoms with Gasteiger partial charge in [0.05, 0.1) is 0 Å². The molecule has 1 unspecified atom stereocenters. The van der Waals surface area contributed by atoms with Crippen molar-refractivity contribution in [1.82, 2.24) is 4.90 Å². The Hall–Kier alpha value is -1.06. The average Bonchev–Trinajstić information content (AvgIpc) is 2.78. The van der Waals surface area contributed by atoms with Crippen molar-refractivity contribution in [2.75, 3.05) is 32.1 Å². The fraction of sp³-hybridized carbons (Fsp3) is 0.462. The summed E-state index contributed by atoms with van der Waals surface area (Å²) in [5, 5.41) is 0.680. The maximum Gasteiger partial charge on any atom is 0.152 e. The zero-order valence-electron chi connectivity index (χ0n) is 10.2. The summed E-state index contributed by atoms with van der Waals surface area (Å²) in [6, 6.07) is 5.97. The molecule has 1 atom stereocenters. The molecule has 1 aromatic rings. The molecule has 3 nitrogen and oxygen atoms in total. The van der Waals surface area contributed by atoms with E-state index in [1.165, 1.54) is 0 Å². The molecule has 2 rings (SSSR count). The van der Waals surface area contributed by atoms with E-state index in [0.717, 1.165) is 31.5 Å². The van der Waals surface area contributed by atoms with Crippen LogP contribution in [-0.4, -0.2) is 44.4 Å². The van der Waals surface area contributed by atoms with Crippen LogP contribution in [-0.2, 0) is 0 Å². The van der Waals surface area contributed by atoms with Gasteiger partial charge in [0.1, 0.15) is 0 Å². The van der Waals surface area contributed by atoms with Crippen molar-refractivity contribution in [1.29, 1.82) is 0 Å². The molecule has 1 saturated heterocycles. The Morgan fingerprint density at radius 1 is 1.47 bits per heavy atom. The zero-order chi connectivity index (χ0) is 12.4. The molecule has 0 radical (unpaired) electrons. The van der Waals surface area contributed by atoms with Gasteiger partial charge >= 0.3 is 0 Å². The lowest BCUT2D eigenvalue weighted by Gasteiger charge is -2.23. The van der Waals surface area contributed by atoms with Crippen LogP contribution in [0.3, 0.4) is 0 Å². The summed E-state index contributed by atoms with van der Waals surface area (Å²) >= 11 is 6.00. The molecule has 0 N–H and O–H groups in total. The first-order valence-electron chi connectivity index (χ1n) is 5.78. The van der Waals surface area contributed by atoms with Crippen molar-refractivity contribution in [3.8, 4) is 0 Å². The first kappa shape index (κ1) is 12.4. The van der Waals surface area contributed by atoms with E-state index in [-0.39, 0.29) is 0 Å².